The predicted molar refractivity (Wildman–Crippen MR) is 8.02 cm³/mol. The first-order valence-electron chi connectivity index (χ1n) is 0.605. The zero-order chi connectivity index (χ0) is 3.58. The van der Waals surface area contributed by atoms with Crippen molar-refractivity contribution in [2.75, 3.05) is 0 Å². The summed E-state index contributed by atoms with van der Waals surface area (Å²) in [6.45, 7) is 0. The van der Waals surface area contributed by atoms with Crippen molar-refractivity contribution in [1.29, 1.82) is 0 Å². The van der Waals surface area contributed by atoms with Gasteiger partial charge in [0.2, 0.25) is 0 Å². The van der Waals surface area contributed by atoms with Crippen molar-refractivity contribution < 1.29 is 28.2 Å². The van der Waals surface area contributed by atoms with Gasteiger partial charge in [0.05, 0.1) is 0 Å². The van der Waals surface area contributed by atoms with Crippen molar-refractivity contribution in [3.8, 4) is 0 Å². The molecule has 0 atom stereocenters. The van der Waals surface area contributed by atoms with E-state index in [4.69, 9.17) is 9.90 Å². The van der Waals surface area contributed by atoms with Gasteiger partial charge in [-0.2, -0.15) is 0 Å². The van der Waals surface area contributed by atoms with Crippen molar-refractivity contribution in [3.05, 3.63) is 0 Å². The second-order valence-electron chi connectivity index (χ2n) is 0.243. The number of carbonyl (C=O) groups is 1. The minimum absolute atomic E-state index is 0.903. The summed E-state index contributed by atoms with van der Waals surface area (Å²) in [4.78, 5) is 8.97. The number of rotatable bonds is 0. The molecule has 0 saturated heterocycles. The molecule has 3 heteroatoms. The molecular weight excluding hydrogens is 145 g/mol. The fourth-order valence-corrected chi connectivity index (χ4v) is 0. The maximum atomic E-state index is 8.97. The first-order chi connectivity index (χ1) is 1.73. The fraction of sp³-hybridized carbons (Fsp3) is 0. The van der Waals surface area contributed by atoms with E-state index in [2.05, 4.69) is 0 Å². The van der Waals surface area contributed by atoms with Gasteiger partial charge in [0.25, 0.3) is 0 Å². The molecule has 0 aromatic rings. The van der Waals surface area contributed by atoms with Gasteiger partial charge >= 0.3 is 32.8 Å². The number of hydrogen-bond acceptors (Lipinski definition) is 1. The summed E-state index contributed by atoms with van der Waals surface area (Å²) in [5.74, 6) is 0. The van der Waals surface area contributed by atoms with Gasteiger partial charge in [0.15, 0.2) is 0 Å². The van der Waals surface area contributed by atoms with E-state index in [1.54, 1.807) is 0 Å². The molecule has 0 rings (SSSR count). The van der Waals surface area contributed by atoms with E-state index in [-0.39, 0.29) is 0 Å². The van der Waals surface area contributed by atoms with Crippen LogP contribution in [-0.4, -0.2) is 9.67 Å². The van der Waals surface area contributed by atoms with Gasteiger partial charge in [0.1, 0.15) is 0 Å². The average Bonchev–Trinajstić information content (AvgIpc) is 0.811. The quantitative estimate of drug-likeness (QED) is 0.496. The topological polar surface area (TPSA) is 37.3 Å². The third-order valence-corrected chi connectivity index (χ3v) is 0. The van der Waals surface area contributed by atoms with Crippen LogP contribution in [0.4, 0.5) is 4.79 Å². The monoisotopic (exact) mass is 147 g/mol. The summed E-state index contributed by atoms with van der Waals surface area (Å²) in [7, 11) is 0. The van der Waals surface area contributed by atoms with Crippen molar-refractivity contribution in [2.45, 2.75) is 0 Å². The average molecular weight is 146 g/mol. The molecular formula is CHO2Ru. The molecule has 0 spiro atoms. The summed E-state index contributed by atoms with van der Waals surface area (Å²) in [6.07, 6.45) is 0. The Kier molecular flexibility index (Phi) is 1.45. The molecule has 0 amide bonds. The normalized spacial score (nSPS) is 6.25. The van der Waals surface area contributed by atoms with Crippen molar-refractivity contribution in [2.24, 2.45) is 0 Å². The fourth-order valence-electron chi connectivity index (χ4n) is 0. The Morgan fingerprint density at radius 3 is 2.00 bits per heavy atom. The second-order valence-corrected chi connectivity index (χ2v) is 0.986. The van der Waals surface area contributed by atoms with E-state index >= 15 is 0 Å². The van der Waals surface area contributed by atoms with Crippen LogP contribution in [0.1, 0.15) is 0 Å². The van der Waals surface area contributed by atoms with Gasteiger partial charge in [-0.05, 0) is 0 Å². The van der Waals surface area contributed by atoms with E-state index in [1.165, 1.54) is 18.3 Å². The van der Waals surface area contributed by atoms with Gasteiger partial charge < -0.3 is 0 Å². The molecule has 0 heterocycles. The maximum absolute atomic E-state index is 8.97. The Balaban J connectivity index is 2.80. The van der Waals surface area contributed by atoms with Gasteiger partial charge in [-0.1, -0.05) is 0 Å². The molecule has 0 saturated carbocycles. The van der Waals surface area contributed by atoms with Crippen LogP contribution < -0.4 is 0 Å². The zero-order valence-electron chi connectivity index (χ0n) is 1.71. The van der Waals surface area contributed by atoms with Crippen LogP contribution in [0.3, 0.4) is 0 Å². The molecule has 0 radical (unpaired) electrons. The molecule has 4 heavy (non-hydrogen) atoms. The molecule has 2 nitrogen and oxygen atoms in total. The summed E-state index contributed by atoms with van der Waals surface area (Å²) in [5.41, 5.74) is 0. The van der Waals surface area contributed by atoms with Gasteiger partial charge in [-0.25, -0.2) is 0 Å². The van der Waals surface area contributed by atoms with E-state index in [0.717, 1.165) is 0 Å². The summed E-state index contributed by atoms with van der Waals surface area (Å²) in [5, 5.41) is 7.39. The molecule has 0 unspecified atom stereocenters. The van der Waals surface area contributed by atoms with Crippen LogP contribution in [-0.2, 0) is 18.3 Å². The van der Waals surface area contributed by atoms with E-state index in [1.807, 2.05) is 0 Å². The third-order valence-electron chi connectivity index (χ3n) is 0. The van der Waals surface area contributed by atoms with Crippen LogP contribution in [0.15, 0.2) is 0 Å². The molecule has 0 bridgehead atoms. The molecule has 1 N–H and O–H groups in total. The van der Waals surface area contributed by atoms with E-state index < -0.39 is 4.56 Å². The zero-order valence-corrected chi connectivity index (χ0v) is 3.45. The molecule has 0 aliphatic rings. The second kappa shape index (κ2) is 1.42. The van der Waals surface area contributed by atoms with Gasteiger partial charge in [-0.15, -0.1) is 0 Å². The molecule has 0 fully saturated rings. The Bertz CT molecular complexity index is 29.0. The number of hydrogen-bond donors (Lipinski definition) is 1. The first kappa shape index (κ1) is 4.09. The number of carboxylic acid groups (broad SMARTS) is 1. The summed E-state index contributed by atoms with van der Waals surface area (Å²) < 4.78 is -0.903. The Hall–Kier alpha value is 0.0934. The van der Waals surface area contributed by atoms with Gasteiger partial charge in [0, 0.05) is 0 Å². The van der Waals surface area contributed by atoms with Crippen LogP contribution >= 0.6 is 0 Å². The van der Waals surface area contributed by atoms with E-state index in [9.17, 15) is 0 Å². The molecule has 25 valence electrons. The Labute approximate surface area is 33.5 Å². The van der Waals surface area contributed by atoms with Gasteiger partial charge in [-0.3, -0.25) is 0 Å². The molecule has 0 aliphatic heterocycles. The van der Waals surface area contributed by atoms with Crippen molar-refractivity contribution in [3.63, 3.8) is 0 Å². The van der Waals surface area contributed by atoms with Crippen molar-refractivity contribution in [1.82, 2.24) is 0 Å². The van der Waals surface area contributed by atoms with Crippen LogP contribution in [0.25, 0.3) is 0 Å². The summed E-state index contributed by atoms with van der Waals surface area (Å²) >= 11 is 1.50. The molecule has 0 aromatic heterocycles. The Morgan fingerprint density at radius 1 is 2.00 bits per heavy atom. The third kappa shape index (κ3) is 287. The Morgan fingerprint density at radius 2 is 2.00 bits per heavy atom. The molecule has 0 aliphatic carbocycles. The van der Waals surface area contributed by atoms with E-state index in [0.29, 0.717) is 0 Å². The minimum atomic E-state index is -0.903. The first-order valence-corrected chi connectivity index (χ1v) is 1.47. The summed E-state index contributed by atoms with van der Waals surface area (Å²) in [6, 6.07) is 0. The predicted octanol–water partition coefficient (Wildman–Crippen LogP) is 0.211. The van der Waals surface area contributed by atoms with Crippen LogP contribution in [0.2, 0.25) is 0 Å². The molecule has 0 aromatic carbocycles. The SMILES string of the molecule is O=[C](O)[Ru]. The van der Waals surface area contributed by atoms with Crippen LogP contribution in [0.5, 0.6) is 0 Å². The van der Waals surface area contributed by atoms with Crippen LogP contribution in [0, 0.1) is 0 Å². The van der Waals surface area contributed by atoms with Crippen molar-refractivity contribution >= 4 is 4.56 Å². The standard InChI is InChI=1S/CHO2.Ru/c2-1-3;/h(H,2,3);.